The third-order valence-electron chi connectivity index (χ3n) is 4.41. The van der Waals surface area contributed by atoms with Crippen molar-refractivity contribution in [1.29, 1.82) is 0 Å². The van der Waals surface area contributed by atoms with E-state index in [4.69, 9.17) is 28.9 Å². The van der Waals surface area contributed by atoms with Crippen molar-refractivity contribution < 1.29 is 14.7 Å². The predicted molar refractivity (Wildman–Crippen MR) is 118 cm³/mol. The van der Waals surface area contributed by atoms with Crippen molar-refractivity contribution in [3.8, 4) is 22.4 Å². The van der Waals surface area contributed by atoms with Crippen LogP contribution in [0.2, 0.25) is 10.0 Å². The minimum Gasteiger partial charge on any atom is -0.392 e. The Morgan fingerprint density at radius 1 is 1.13 bits per heavy atom. The number of pyridine rings is 1. The average molecular weight is 444 g/mol. The number of amides is 2. The minimum absolute atomic E-state index is 0.0569. The van der Waals surface area contributed by atoms with Gasteiger partial charge in [-0.1, -0.05) is 35.3 Å². The summed E-state index contributed by atoms with van der Waals surface area (Å²) in [6, 6.07) is 13.4. The maximum atomic E-state index is 12.8. The van der Waals surface area contributed by atoms with Crippen molar-refractivity contribution in [2.75, 3.05) is 6.54 Å². The lowest BCUT2D eigenvalue weighted by atomic mass is 9.94. The van der Waals surface area contributed by atoms with Crippen molar-refractivity contribution in [3.63, 3.8) is 0 Å². The van der Waals surface area contributed by atoms with Gasteiger partial charge in [0.25, 0.3) is 5.91 Å². The number of nitrogens with two attached hydrogens (primary N) is 1. The average Bonchev–Trinajstić information content (AvgIpc) is 2.72. The number of hydrogen-bond donors (Lipinski definition) is 3. The first kappa shape index (κ1) is 21.8. The first-order chi connectivity index (χ1) is 14.3. The number of aliphatic hydroxyl groups is 1. The lowest BCUT2D eigenvalue weighted by Crippen LogP contribution is -2.31. The summed E-state index contributed by atoms with van der Waals surface area (Å²) in [6.45, 7) is 1.62. The monoisotopic (exact) mass is 443 g/mol. The Kier molecular flexibility index (Phi) is 6.72. The van der Waals surface area contributed by atoms with Gasteiger partial charge >= 0.3 is 0 Å². The van der Waals surface area contributed by atoms with E-state index in [1.807, 2.05) is 12.1 Å². The van der Waals surface area contributed by atoms with Gasteiger partial charge in [0.15, 0.2) is 0 Å². The predicted octanol–water partition coefficient (Wildman–Crippen LogP) is 3.93. The molecule has 2 aromatic carbocycles. The molecule has 6 nitrogen and oxygen atoms in total. The Morgan fingerprint density at radius 2 is 1.87 bits per heavy atom. The van der Waals surface area contributed by atoms with E-state index in [0.717, 1.165) is 0 Å². The van der Waals surface area contributed by atoms with E-state index in [0.29, 0.717) is 27.4 Å². The fraction of sp³-hybridized carbons (Fsp3) is 0.136. The molecule has 8 heteroatoms. The number of primary amides is 1. The third-order valence-corrected chi connectivity index (χ3v) is 5.13. The highest BCUT2D eigenvalue weighted by atomic mass is 35.5. The van der Waals surface area contributed by atoms with E-state index in [9.17, 15) is 14.7 Å². The number of nitrogens with one attached hydrogen (secondary N) is 1. The number of nitrogens with zero attached hydrogens (tertiary/aromatic N) is 1. The SMILES string of the molecule is CC(O)CNC(=O)c1ccc(C(N)=O)c(Cl)c1-c1ccc(Cl)c(-c2ccccn2)c1. The maximum Gasteiger partial charge on any atom is 0.252 e. The molecule has 1 heterocycles. The number of hydrogen-bond acceptors (Lipinski definition) is 4. The highest BCUT2D eigenvalue weighted by Gasteiger charge is 2.22. The molecular formula is C22H19Cl2N3O3. The van der Waals surface area contributed by atoms with Crippen molar-refractivity contribution in [2.24, 2.45) is 5.73 Å². The molecule has 0 radical (unpaired) electrons. The Labute approximate surface area is 183 Å². The maximum absolute atomic E-state index is 12.8. The van der Waals surface area contributed by atoms with Crippen LogP contribution in [0.1, 0.15) is 27.6 Å². The number of halogens is 2. The molecule has 1 aromatic heterocycles. The molecule has 30 heavy (non-hydrogen) atoms. The second-order valence-corrected chi connectivity index (χ2v) is 7.47. The summed E-state index contributed by atoms with van der Waals surface area (Å²) in [6.07, 6.45) is 0.928. The Morgan fingerprint density at radius 3 is 2.50 bits per heavy atom. The highest BCUT2D eigenvalue weighted by Crippen LogP contribution is 2.38. The molecule has 154 valence electrons. The molecule has 0 bridgehead atoms. The second-order valence-electron chi connectivity index (χ2n) is 6.68. The topological polar surface area (TPSA) is 105 Å². The summed E-state index contributed by atoms with van der Waals surface area (Å²) in [7, 11) is 0. The quantitative estimate of drug-likeness (QED) is 0.536. The summed E-state index contributed by atoms with van der Waals surface area (Å²) in [5.41, 5.74) is 7.96. The van der Waals surface area contributed by atoms with E-state index < -0.39 is 17.9 Å². The molecule has 3 aromatic rings. The van der Waals surface area contributed by atoms with Crippen LogP contribution < -0.4 is 11.1 Å². The van der Waals surface area contributed by atoms with Gasteiger partial charge in [-0.25, -0.2) is 0 Å². The smallest absolute Gasteiger partial charge is 0.252 e. The summed E-state index contributed by atoms with van der Waals surface area (Å²) in [4.78, 5) is 28.9. The van der Waals surface area contributed by atoms with Gasteiger partial charge in [0.05, 0.1) is 22.4 Å². The largest absolute Gasteiger partial charge is 0.392 e. The molecule has 0 saturated carbocycles. The molecular weight excluding hydrogens is 425 g/mol. The van der Waals surface area contributed by atoms with Crippen molar-refractivity contribution in [1.82, 2.24) is 10.3 Å². The van der Waals surface area contributed by atoms with Gasteiger partial charge < -0.3 is 16.2 Å². The van der Waals surface area contributed by atoms with Gasteiger partial charge in [0, 0.05) is 34.5 Å². The van der Waals surface area contributed by atoms with E-state index in [2.05, 4.69) is 10.3 Å². The highest BCUT2D eigenvalue weighted by molar-refractivity contribution is 6.37. The Bertz CT molecular complexity index is 1100. The Hall–Kier alpha value is -2.93. The van der Waals surface area contributed by atoms with Gasteiger partial charge in [-0.05, 0) is 48.9 Å². The first-order valence-corrected chi connectivity index (χ1v) is 9.85. The molecule has 2 amide bonds. The van der Waals surface area contributed by atoms with Crippen molar-refractivity contribution in [3.05, 3.63) is 75.9 Å². The van der Waals surface area contributed by atoms with Crippen LogP contribution >= 0.6 is 23.2 Å². The molecule has 0 saturated heterocycles. The number of rotatable bonds is 6. The zero-order chi connectivity index (χ0) is 21.8. The van der Waals surface area contributed by atoms with Gasteiger partial charge in [-0.2, -0.15) is 0 Å². The molecule has 0 fully saturated rings. The van der Waals surface area contributed by atoms with E-state index >= 15 is 0 Å². The van der Waals surface area contributed by atoms with Crippen LogP contribution in [0, 0.1) is 0 Å². The zero-order valence-electron chi connectivity index (χ0n) is 16.0. The lowest BCUT2D eigenvalue weighted by molar-refractivity contribution is 0.0923. The summed E-state index contributed by atoms with van der Waals surface area (Å²) in [5, 5.41) is 12.6. The van der Waals surface area contributed by atoms with Crippen LogP contribution in [0.5, 0.6) is 0 Å². The van der Waals surface area contributed by atoms with Gasteiger partial charge in [0.2, 0.25) is 5.91 Å². The van der Waals surface area contributed by atoms with Gasteiger partial charge in [0.1, 0.15) is 0 Å². The molecule has 0 spiro atoms. The molecule has 4 N–H and O–H groups in total. The number of benzene rings is 2. The van der Waals surface area contributed by atoms with E-state index in [1.165, 1.54) is 12.1 Å². The van der Waals surface area contributed by atoms with Gasteiger partial charge in [-0.3, -0.25) is 14.6 Å². The second kappa shape index (κ2) is 9.26. The summed E-state index contributed by atoms with van der Waals surface area (Å²) in [5.74, 6) is -1.16. The van der Waals surface area contributed by atoms with Crippen LogP contribution in [-0.4, -0.2) is 34.6 Å². The van der Waals surface area contributed by atoms with Crippen molar-refractivity contribution in [2.45, 2.75) is 13.0 Å². The fourth-order valence-electron chi connectivity index (χ4n) is 2.97. The third kappa shape index (κ3) is 4.62. The fourth-order valence-corrected chi connectivity index (χ4v) is 3.55. The van der Waals surface area contributed by atoms with Crippen LogP contribution in [0.25, 0.3) is 22.4 Å². The van der Waals surface area contributed by atoms with E-state index in [-0.39, 0.29) is 22.7 Å². The van der Waals surface area contributed by atoms with Crippen LogP contribution in [0.4, 0.5) is 0 Å². The standard InChI is InChI=1S/C22H19Cl2N3O3/c1-12(28)11-27-22(30)14-6-7-15(21(25)29)20(24)19(14)13-5-8-17(23)16(10-13)18-4-2-3-9-26-18/h2-10,12,28H,11H2,1H3,(H2,25,29)(H,27,30). The number of aliphatic hydroxyl groups excluding tert-OH is 1. The number of aromatic nitrogens is 1. The summed E-state index contributed by atoms with van der Waals surface area (Å²) < 4.78 is 0. The molecule has 1 atom stereocenters. The molecule has 0 aliphatic heterocycles. The molecule has 3 rings (SSSR count). The zero-order valence-corrected chi connectivity index (χ0v) is 17.5. The normalized spacial score (nSPS) is 11.7. The number of carbonyl (C=O) groups excluding carboxylic acids is 2. The molecule has 0 aliphatic carbocycles. The van der Waals surface area contributed by atoms with Crippen LogP contribution in [0.15, 0.2) is 54.7 Å². The Balaban J connectivity index is 2.19. The van der Waals surface area contributed by atoms with Gasteiger partial charge in [-0.15, -0.1) is 0 Å². The minimum atomic E-state index is -0.718. The number of carbonyl (C=O) groups is 2. The van der Waals surface area contributed by atoms with Crippen LogP contribution in [-0.2, 0) is 0 Å². The van der Waals surface area contributed by atoms with Crippen molar-refractivity contribution >= 4 is 35.0 Å². The summed E-state index contributed by atoms with van der Waals surface area (Å²) >= 11 is 12.9. The van der Waals surface area contributed by atoms with Crippen LogP contribution in [0.3, 0.4) is 0 Å². The van der Waals surface area contributed by atoms with E-state index in [1.54, 1.807) is 37.4 Å². The molecule has 0 aliphatic rings. The first-order valence-electron chi connectivity index (χ1n) is 9.09. The lowest BCUT2D eigenvalue weighted by Gasteiger charge is -2.16. The molecule has 1 unspecified atom stereocenters.